The fourth-order valence-electron chi connectivity index (χ4n) is 2.74. The second kappa shape index (κ2) is 7.94. The van der Waals surface area contributed by atoms with Crippen LogP contribution < -0.4 is 9.64 Å². The summed E-state index contributed by atoms with van der Waals surface area (Å²) in [6.07, 6.45) is 1.96. The average Bonchev–Trinajstić information content (AvgIpc) is 3.41. The van der Waals surface area contributed by atoms with Crippen molar-refractivity contribution >= 4 is 43.9 Å². The molecule has 5 nitrogen and oxygen atoms in total. The van der Waals surface area contributed by atoms with Gasteiger partial charge in [-0.1, -0.05) is 17.4 Å². The van der Waals surface area contributed by atoms with Crippen LogP contribution in [0.25, 0.3) is 10.2 Å². The monoisotopic (exact) mass is 398 g/mol. The van der Waals surface area contributed by atoms with E-state index in [9.17, 15) is 4.79 Å². The highest BCUT2D eigenvalue weighted by Crippen LogP contribution is 2.33. The molecule has 0 fully saturated rings. The van der Waals surface area contributed by atoms with E-state index < -0.39 is 0 Å². The summed E-state index contributed by atoms with van der Waals surface area (Å²) in [7, 11) is 0. The van der Waals surface area contributed by atoms with Gasteiger partial charge in [-0.2, -0.15) is 0 Å². The minimum absolute atomic E-state index is 0.00191. The molecule has 0 unspecified atom stereocenters. The average molecular weight is 399 g/mol. The molecule has 0 saturated heterocycles. The van der Waals surface area contributed by atoms with Gasteiger partial charge < -0.3 is 9.15 Å². The summed E-state index contributed by atoms with van der Waals surface area (Å²) < 4.78 is 12.0. The summed E-state index contributed by atoms with van der Waals surface area (Å²) in [6.45, 7) is 2.92. The maximum absolute atomic E-state index is 13.0. The molecule has 0 radical (unpaired) electrons. The lowest BCUT2D eigenvalue weighted by Crippen LogP contribution is -2.31. The Kier molecular flexibility index (Phi) is 5.22. The zero-order chi connectivity index (χ0) is 18.6. The van der Waals surface area contributed by atoms with Crippen LogP contribution in [-0.2, 0) is 17.8 Å². The molecule has 4 aromatic rings. The number of benzene rings is 1. The van der Waals surface area contributed by atoms with Crippen LogP contribution >= 0.6 is 22.7 Å². The molecular weight excluding hydrogens is 380 g/mol. The van der Waals surface area contributed by atoms with Crippen molar-refractivity contribution in [3.8, 4) is 5.75 Å². The number of ether oxygens (including phenoxy) is 1. The Balaban J connectivity index is 1.66. The third-order valence-electron chi connectivity index (χ3n) is 3.99. The number of carbonyl (C=O) groups is 1. The molecule has 3 heterocycles. The van der Waals surface area contributed by atoms with Crippen molar-refractivity contribution < 1.29 is 13.9 Å². The van der Waals surface area contributed by atoms with Crippen molar-refractivity contribution in [3.05, 3.63) is 64.7 Å². The quantitative estimate of drug-likeness (QED) is 0.433. The van der Waals surface area contributed by atoms with Gasteiger partial charge in [-0.15, -0.1) is 11.3 Å². The molecule has 1 amide bonds. The summed E-state index contributed by atoms with van der Waals surface area (Å²) in [5.41, 5.74) is 0.854. The SMILES string of the molecule is CCOc1ccc2nc(N(Cc3ccco3)C(=O)Cc3cccs3)sc2c1. The van der Waals surface area contributed by atoms with Crippen LogP contribution in [0, 0.1) is 0 Å². The van der Waals surface area contributed by atoms with E-state index in [4.69, 9.17) is 9.15 Å². The molecule has 0 aliphatic carbocycles. The van der Waals surface area contributed by atoms with E-state index in [1.165, 1.54) is 11.3 Å². The van der Waals surface area contributed by atoms with E-state index in [1.54, 1.807) is 22.5 Å². The summed E-state index contributed by atoms with van der Waals surface area (Å²) in [5, 5.41) is 2.64. The maximum Gasteiger partial charge on any atom is 0.234 e. The van der Waals surface area contributed by atoms with Gasteiger partial charge in [-0.05, 0) is 48.7 Å². The molecule has 7 heteroatoms. The number of nitrogens with zero attached hydrogens (tertiary/aromatic N) is 2. The lowest BCUT2D eigenvalue weighted by molar-refractivity contribution is -0.118. The largest absolute Gasteiger partial charge is 0.494 e. The third kappa shape index (κ3) is 4.04. The molecule has 0 aliphatic rings. The fraction of sp³-hybridized carbons (Fsp3) is 0.200. The number of hydrogen-bond acceptors (Lipinski definition) is 6. The molecule has 0 spiro atoms. The van der Waals surface area contributed by atoms with Gasteiger partial charge in [0.05, 0.1) is 36.1 Å². The van der Waals surface area contributed by atoms with E-state index in [0.717, 1.165) is 26.6 Å². The first-order valence-electron chi connectivity index (χ1n) is 8.61. The topological polar surface area (TPSA) is 55.6 Å². The standard InChI is InChI=1S/C20H18N2O3S2/c1-2-24-14-7-8-17-18(11-14)27-20(21-17)22(13-15-5-3-9-25-15)19(23)12-16-6-4-10-26-16/h3-11H,2,12-13H2,1H3. The Bertz CT molecular complexity index is 1020. The molecule has 1 aromatic carbocycles. The number of furan rings is 1. The Morgan fingerprint density at radius 1 is 1.26 bits per heavy atom. The highest BCUT2D eigenvalue weighted by Gasteiger charge is 2.22. The van der Waals surface area contributed by atoms with Crippen LogP contribution in [0.3, 0.4) is 0 Å². The molecule has 0 aliphatic heterocycles. The Morgan fingerprint density at radius 2 is 2.19 bits per heavy atom. The fourth-order valence-corrected chi connectivity index (χ4v) is 4.45. The number of amides is 1. The molecule has 0 atom stereocenters. The zero-order valence-electron chi connectivity index (χ0n) is 14.8. The molecule has 0 N–H and O–H groups in total. The summed E-state index contributed by atoms with van der Waals surface area (Å²) >= 11 is 3.06. The molecule has 0 saturated carbocycles. The number of carbonyl (C=O) groups excluding carboxylic acids is 1. The Labute approximate surface area is 164 Å². The van der Waals surface area contributed by atoms with Gasteiger partial charge in [-0.3, -0.25) is 9.69 Å². The van der Waals surface area contributed by atoms with Gasteiger partial charge in [0, 0.05) is 4.88 Å². The second-order valence-corrected chi connectivity index (χ2v) is 7.92. The highest BCUT2D eigenvalue weighted by molar-refractivity contribution is 7.22. The highest BCUT2D eigenvalue weighted by atomic mass is 32.1. The Morgan fingerprint density at radius 3 is 2.93 bits per heavy atom. The summed E-state index contributed by atoms with van der Waals surface area (Å²) in [6, 6.07) is 13.4. The van der Waals surface area contributed by atoms with E-state index in [0.29, 0.717) is 24.7 Å². The van der Waals surface area contributed by atoms with Crippen LogP contribution in [0.5, 0.6) is 5.75 Å². The maximum atomic E-state index is 13.0. The lowest BCUT2D eigenvalue weighted by atomic mass is 10.3. The van der Waals surface area contributed by atoms with Crippen molar-refractivity contribution in [2.24, 2.45) is 0 Å². The second-order valence-electron chi connectivity index (χ2n) is 5.87. The van der Waals surface area contributed by atoms with Gasteiger partial charge >= 0.3 is 0 Å². The van der Waals surface area contributed by atoms with Crippen LogP contribution in [0.1, 0.15) is 17.6 Å². The summed E-state index contributed by atoms with van der Waals surface area (Å²) in [5.74, 6) is 1.53. The predicted molar refractivity (Wildman–Crippen MR) is 109 cm³/mol. The molecule has 138 valence electrons. The van der Waals surface area contributed by atoms with Crippen LogP contribution in [-0.4, -0.2) is 17.5 Å². The van der Waals surface area contributed by atoms with E-state index in [-0.39, 0.29) is 5.91 Å². The lowest BCUT2D eigenvalue weighted by Gasteiger charge is -2.18. The van der Waals surface area contributed by atoms with Crippen LogP contribution in [0.15, 0.2) is 58.5 Å². The Hall–Kier alpha value is -2.64. The van der Waals surface area contributed by atoms with E-state index in [2.05, 4.69) is 4.98 Å². The van der Waals surface area contributed by atoms with Gasteiger partial charge in [0.15, 0.2) is 5.13 Å². The summed E-state index contributed by atoms with van der Waals surface area (Å²) in [4.78, 5) is 20.4. The number of anilines is 1. The normalized spacial score (nSPS) is 11.0. The van der Waals surface area contributed by atoms with E-state index >= 15 is 0 Å². The van der Waals surface area contributed by atoms with Crippen molar-refractivity contribution in [2.45, 2.75) is 19.9 Å². The number of fused-ring (bicyclic) bond motifs is 1. The minimum atomic E-state index is -0.00191. The zero-order valence-corrected chi connectivity index (χ0v) is 16.4. The first kappa shape index (κ1) is 17.8. The minimum Gasteiger partial charge on any atom is -0.494 e. The molecule has 4 rings (SSSR count). The molecule has 0 bridgehead atoms. The molecular formula is C20H18N2O3S2. The molecule has 27 heavy (non-hydrogen) atoms. The van der Waals surface area contributed by atoms with Gasteiger partial charge in [0.1, 0.15) is 11.5 Å². The number of thiophene rings is 1. The number of thiazole rings is 1. The predicted octanol–water partition coefficient (Wildman–Crippen LogP) is 5.13. The van der Waals surface area contributed by atoms with Gasteiger partial charge in [-0.25, -0.2) is 4.98 Å². The van der Waals surface area contributed by atoms with Crippen molar-refractivity contribution in [2.75, 3.05) is 11.5 Å². The van der Waals surface area contributed by atoms with Gasteiger partial charge in [0.25, 0.3) is 0 Å². The third-order valence-corrected chi connectivity index (χ3v) is 5.91. The first-order valence-corrected chi connectivity index (χ1v) is 10.3. The number of aromatic nitrogens is 1. The number of rotatable bonds is 7. The number of hydrogen-bond donors (Lipinski definition) is 0. The van der Waals surface area contributed by atoms with Crippen molar-refractivity contribution in [1.82, 2.24) is 4.98 Å². The van der Waals surface area contributed by atoms with Crippen LogP contribution in [0.2, 0.25) is 0 Å². The van der Waals surface area contributed by atoms with E-state index in [1.807, 2.05) is 54.8 Å². The van der Waals surface area contributed by atoms with Crippen molar-refractivity contribution in [3.63, 3.8) is 0 Å². The van der Waals surface area contributed by atoms with Crippen molar-refractivity contribution in [1.29, 1.82) is 0 Å². The van der Waals surface area contributed by atoms with Crippen LogP contribution in [0.4, 0.5) is 5.13 Å². The first-order chi connectivity index (χ1) is 13.2. The van der Waals surface area contributed by atoms with Gasteiger partial charge in [0.2, 0.25) is 5.91 Å². The molecule has 3 aromatic heterocycles. The smallest absolute Gasteiger partial charge is 0.234 e.